The Morgan fingerprint density at radius 2 is 1.88 bits per heavy atom. The molecule has 2 unspecified atom stereocenters. The van der Waals surface area contributed by atoms with Gasteiger partial charge < -0.3 is 5.11 Å². The quantitative estimate of drug-likeness (QED) is 0.875. The lowest BCUT2D eigenvalue weighted by Crippen LogP contribution is -2.23. The lowest BCUT2D eigenvalue weighted by Gasteiger charge is -2.19. The van der Waals surface area contributed by atoms with Gasteiger partial charge in [0, 0.05) is 12.7 Å². The highest BCUT2D eigenvalue weighted by molar-refractivity contribution is 8.13. The summed E-state index contributed by atoms with van der Waals surface area (Å²) in [5.41, 5.74) is 0.990. The van der Waals surface area contributed by atoms with Crippen LogP contribution in [0.4, 0.5) is 0 Å². The van der Waals surface area contributed by atoms with Crippen LogP contribution in [0.3, 0.4) is 0 Å². The molecule has 0 saturated carbocycles. The maximum atomic E-state index is 11.2. The van der Waals surface area contributed by atoms with E-state index in [2.05, 4.69) is 0 Å². The highest BCUT2D eigenvalue weighted by atomic mass is 32.2. The van der Waals surface area contributed by atoms with Crippen molar-refractivity contribution in [2.45, 2.75) is 19.8 Å². The number of carboxylic acid groups (broad SMARTS) is 1. The maximum absolute atomic E-state index is 11.2. The van der Waals surface area contributed by atoms with Crippen LogP contribution in [0, 0.1) is 5.92 Å². The largest absolute Gasteiger partial charge is 0.481 e. The summed E-state index contributed by atoms with van der Waals surface area (Å²) in [7, 11) is 0. The predicted octanol–water partition coefficient (Wildman–Crippen LogP) is 2.77. The second-order valence-corrected chi connectivity index (χ2v) is 5.14. The molecule has 1 aromatic carbocycles. The summed E-state index contributed by atoms with van der Waals surface area (Å²) in [5.74, 6) is -1.16. The fourth-order valence-electron chi connectivity index (χ4n) is 1.63. The number of thioether (sulfide) groups is 1. The van der Waals surface area contributed by atoms with Crippen LogP contribution in [0.2, 0.25) is 0 Å². The van der Waals surface area contributed by atoms with Crippen LogP contribution >= 0.6 is 11.8 Å². The summed E-state index contributed by atoms with van der Waals surface area (Å²) in [4.78, 5) is 22.1. The minimum atomic E-state index is -0.852. The molecule has 0 heterocycles. The molecule has 0 radical (unpaired) electrons. The van der Waals surface area contributed by atoms with E-state index >= 15 is 0 Å². The first kappa shape index (κ1) is 13.8. The van der Waals surface area contributed by atoms with E-state index in [1.54, 1.807) is 0 Å². The molecule has 1 N–H and O–H groups in total. The summed E-state index contributed by atoms with van der Waals surface area (Å²) in [6.45, 7) is 3.34. The van der Waals surface area contributed by atoms with Gasteiger partial charge in [0.1, 0.15) is 0 Å². The Labute approximate surface area is 105 Å². The van der Waals surface area contributed by atoms with Crippen LogP contribution < -0.4 is 0 Å². The molecule has 2 atom stereocenters. The van der Waals surface area contributed by atoms with E-state index in [-0.39, 0.29) is 11.0 Å². The predicted molar refractivity (Wildman–Crippen MR) is 69.1 cm³/mol. The molecule has 0 aliphatic rings. The van der Waals surface area contributed by atoms with E-state index in [4.69, 9.17) is 0 Å². The first-order chi connectivity index (χ1) is 8.02. The van der Waals surface area contributed by atoms with Gasteiger partial charge in [0.05, 0.1) is 5.92 Å². The van der Waals surface area contributed by atoms with E-state index in [0.717, 1.165) is 17.3 Å². The molecule has 0 aliphatic heterocycles. The van der Waals surface area contributed by atoms with Gasteiger partial charge in [-0.25, -0.2) is 0 Å². The van der Waals surface area contributed by atoms with Crippen molar-refractivity contribution in [2.24, 2.45) is 5.92 Å². The maximum Gasteiger partial charge on any atom is 0.307 e. The highest BCUT2D eigenvalue weighted by Crippen LogP contribution is 2.27. The molecule has 0 fully saturated rings. The molecule has 0 spiro atoms. The molecular formula is C13H16O3S. The Morgan fingerprint density at radius 1 is 1.29 bits per heavy atom. The van der Waals surface area contributed by atoms with Crippen molar-refractivity contribution >= 4 is 22.8 Å². The van der Waals surface area contributed by atoms with Crippen molar-refractivity contribution in [3.05, 3.63) is 35.9 Å². The van der Waals surface area contributed by atoms with Crippen molar-refractivity contribution < 1.29 is 14.7 Å². The van der Waals surface area contributed by atoms with Gasteiger partial charge in [-0.05, 0) is 11.5 Å². The molecule has 0 bridgehead atoms. The Hall–Kier alpha value is -1.29. The van der Waals surface area contributed by atoms with Crippen LogP contribution in [-0.4, -0.2) is 21.9 Å². The molecule has 92 valence electrons. The SMILES string of the molecule is CC(=O)SCC(C(=O)O)C(C)c1ccccc1. The van der Waals surface area contributed by atoms with Crippen LogP contribution in [0.1, 0.15) is 25.3 Å². The fraction of sp³-hybridized carbons (Fsp3) is 0.385. The van der Waals surface area contributed by atoms with Crippen molar-refractivity contribution in [3.8, 4) is 0 Å². The molecule has 17 heavy (non-hydrogen) atoms. The number of carbonyl (C=O) groups is 2. The molecule has 0 aromatic heterocycles. The number of carboxylic acids is 1. The third-order valence-corrected chi connectivity index (χ3v) is 3.64. The van der Waals surface area contributed by atoms with Gasteiger partial charge >= 0.3 is 5.97 Å². The van der Waals surface area contributed by atoms with E-state index in [9.17, 15) is 14.7 Å². The topological polar surface area (TPSA) is 54.4 Å². The monoisotopic (exact) mass is 252 g/mol. The van der Waals surface area contributed by atoms with E-state index in [1.807, 2.05) is 37.3 Å². The Kier molecular flexibility index (Phi) is 5.22. The van der Waals surface area contributed by atoms with E-state index in [0.29, 0.717) is 5.75 Å². The summed E-state index contributed by atoms with van der Waals surface area (Å²) in [5, 5.41) is 9.15. The Morgan fingerprint density at radius 3 is 2.35 bits per heavy atom. The molecule has 0 aliphatic carbocycles. The minimum Gasteiger partial charge on any atom is -0.481 e. The lowest BCUT2D eigenvalue weighted by atomic mass is 9.89. The van der Waals surface area contributed by atoms with Crippen molar-refractivity contribution in [2.75, 3.05) is 5.75 Å². The molecule has 1 rings (SSSR count). The Bertz CT molecular complexity index is 389. The van der Waals surface area contributed by atoms with Crippen LogP contribution in [0.25, 0.3) is 0 Å². The van der Waals surface area contributed by atoms with Gasteiger partial charge in [-0.2, -0.15) is 0 Å². The first-order valence-corrected chi connectivity index (χ1v) is 6.42. The van der Waals surface area contributed by atoms with Crippen molar-refractivity contribution in [1.82, 2.24) is 0 Å². The van der Waals surface area contributed by atoms with Gasteiger partial charge in [-0.3, -0.25) is 9.59 Å². The minimum absolute atomic E-state index is 0.0449. The molecule has 3 nitrogen and oxygen atoms in total. The number of hydrogen-bond donors (Lipinski definition) is 1. The average Bonchev–Trinajstić information content (AvgIpc) is 2.29. The Balaban J connectivity index is 2.77. The second kappa shape index (κ2) is 6.45. The van der Waals surface area contributed by atoms with Crippen LogP contribution in [-0.2, 0) is 9.59 Å². The van der Waals surface area contributed by atoms with Crippen LogP contribution in [0.15, 0.2) is 30.3 Å². The van der Waals surface area contributed by atoms with E-state index < -0.39 is 11.9 Å². The fourth-order valence-corrected chi connectivity index (χ4v) is 2.47. The molecular weight excluding hydrogens is 236 g/mol. The zero-order valence-corrected chi connectivity index (χ0v) is 10.7. The smallest absolute Gasteiger partial charge is 0.307 e. The summed E-state index contributed by atoms with van der Waals surface area (Å²) < 4.78 is 0. The van der Waals surface area contributed by atoms with Gasteiger partial charge in [-0.15, -0.1) is 0 Å². The van der Waals surface area contributed by atoms with Gasteiger partial charge in [0.15, 0.2) is 5.12 Å². The zero-order valence-electron chi connectivity index (χ0n) is 9.92. The van der Waals surface area contributed by atoms with E-state index in [1.165, 1.54) is 6.92 Å². The van der Waals surface area contributed by atoms with Crippen molar-refractivity contribution in [1.29, 1.82) is 0 Å². The van der Waals surface area contributed by atoms with Gasteiger partial charge in [-0.1, -0.05) is 49.0 Å². The second-order valence-electron chi connectivity index (χ2n) is 3.95. The summed E-state index contributed by atoms with van der Waals surface area (Å²) in [6, 6.07) is 9.51. The number of carbonyl (C=O) groups excluding carboxylic acids is 1. The van der Waals surface area contributed by atoms with Gasteiger partial charge in [0.25, 0.3) is 0 Å². The highest BCUT2D eigenvalue weighted by Gasteiger charge is 2.26. The molecule has 1 aromatic rings. The van der Waals surface area contributed by atoms with Crippen LogP contribution in [0.5, 0.6) is 0 Å². The number of aliphatic carboxylic acids is 1. The summed E-state index contributed by atoms with van der Waals surface area (Å²) >= 11 is 1.07. The standard InChI is InChI=1S/C13H16O3S/c1-9(11-6-4-3-5-7-11)12(13(15)16)8-17-10(2)14/h3-7,9,12H,8H2,1-2H3,(H,15,16). The summed E-state index contributed by atoms with van der Waals surface area (Å²) in [6.07, 6.45) is 0. The molecule has 4 heteroatoms. The molecule has 0 saturated heterocycles. The zero-order chi connectivity index (χ0) is 12.8. The number of rotatable bonds is 5. The molecule has 0 amide bonds. The third-order valence-electron chi connectivity index (χ3n) is 2.71. The first-order valence-electron chi connectivity index (χ1n) is 5.43. The third kappa shape index (κ3) is 4.23. The normalized spacial score (nSPS) is 14.0. The van der Waals surface area contributed by atoms with Crippen molar-refractivity contribution in [3.63, 3.8) is 0 Å². The lowest BCUT2D eigenvalue weighted by molar-refractivity contribution is -0.141. The van der Waals surface area contributed by atoms with Gasteiger partial charge in [0.2, 0.25) is 0 Å². The average molecular weight is 252 g/mol. The number of hydrogen-bond acceptors (Lipinski definition) is 3. The number of benzene rings is 1.